The second-order valence-electron chi connectivity index (χ2n) is 13.7. The lowest BCUT2D eigenvalue weighted by molar-refractivity contribution is -0.138. The number of rotatable bonds is 13. The summed E-state index contributed by atoms with van der Waals surface area (Å²) in [5.41, 5.74) is 0.953. The van der Waals surface area contributed by atoms with Crippen LogP contribution in [-0.2, 0) is 29.8 Å². The molecule has 2 aromatic carbocycles. The topological polar surface area (TPSA) is 134 Å². The number of nitrogens with one attached hydrogen (secondary N) is 3. The first-order valence-electron chi connectivity index (χ1n) is 15.4. The number of sulfonamides is 1. The van der Waals surface area contributed by atoms with Crippen molar-refractivity contribution in [3.63, 3.8) is 0 Å². The molecule has 0 aliphatic heterocycles. The predicted octanol–water partition coefficient (Wildman–Crippen LogP) is 4.54. The van der Waals surface area contributed by atoms with Crippen molar-refractivity contribution in [1.82, 2.24) is 20.3 Å². The molecule has 0 radical (unpaired) electrons. The highest BCUT2D eigenvalue weighted by atomic mass is 32.2. The van der Waals surface area contributed by atoms with Gasteiger partial charge in [0.25, 0.3) is 10.0 Å². The molecule has 2 aromatic rings. The summed E-state index contributed by atoms with van der Waals surface area (Å²) in [7, 11) is 0.816. The Kier molecular flexibility index (Phi) is 12.8. The van der Waals surface area contributed by atoms with Crippen LogP contribution in [0.4, 0.5) is 0 Å². The third kappa shape index (κ3) is 9.42. The molecule has 11 heteroatoms. The van der Waals surface area contributed by atoms with E-state index in [1.54, 1.807) is 46.3 Å². The van der Waals surface area contributed by atoms with Crippen molar-refractivity contribution in [2.45, 2.75) is 84.7 Å². The number of ether oxygens (including phenoxy) is 1. The van der Waals surface area contributed by atoms with Crippen LogP contribution >= 0.6 is 0 Å². The van der Waals surface area contributed by atoms with Crippen LogP contribution in [0.5, 0.6) is 5.75 Å². The summed E-state index contributed by atoms with van der Waals surface area (Å²) >= 11 is 0. The minimum absolute atomic E-state index is 0.0165. The second-order valence-corrected chi connectivity index (χ2v) is 15.4. The molecule has 0 aliphatic carbocycles. The molecule has 0 fully saturated rings. The normalized spacial score (nSPS) is 14.7. The summed E-state index contributed by atoms with van der Waals surface area (Å²) in [4.78, 5) is 42.5. The van der Waals surface area contributed by atoms with Gasteiger partial charge in [0.2, 0.25) is 17.7 Å². The molecule has 0 aliphatic rings. The van der Waals surface area contributed by atoms with Crippen molar-refractivity contribution in [3.8, 4) is 5.75 Å². The minimum atomic E-state index is -4.08. The fourth-order valence-corrected chi connectivity index (χ4v) is 6.29. The zero-order valence-corrected chi connectivity index (χ0v) is 30.1. The molecule has 0 bridgehead atoms. The van der Waals surface area contributed by atoms with E-state index in [0.29, 0.717) is 11.4 Å². The zero-order chi connectivity index (χ0) is 35.2. The van der Waals surface area contributed by atoms with Crippen molar-refractivity contribution >= 4 is 27.7 Å². The Balaban J connectivity index is 2.35. The third-order valence-corrected chi connectivity index (χ3v) is 9.56. The Morgan fingerprint density at radius 3 is 2.00 bits per heavy atom. The molecule has 0 saturated carbocycles. The van der Waals surface area contributed by atoms with Gasteiger partial charge in [-0.05, 0) is 62.1 Å². The molecule has 0 saturated heterocycles. The maximum atomic E-state index is 14.1. The largest absolute Gasteiger partial charge is 0.497 e. The maximum Gasteiger partial charge on any atom is 0.264 e. The first kappa shape index (κ1) is 38.5. The van der Waals surface area contributed by atoms with Crippen molar-refractivity contribution in [2.75, 3.05) is 21.2 Å². The van der Waals surface area contributed by atoms with Crippen LogP contribution in [0.2, 0.25) is 0 Å². The Morgan fingerprint density at radius 1 is 0.913 bits per heavy atom. The summed E-state index contributed by atoms with van der Waals surface area (Å²) in [6, 6.07) is 12.1. The predicted molar refractivity (Wildman–Crippen MR) is 182 cm³/mol. The minimum Gasteiger partial charge on any atom is -0.497 e. The van der Waals surface area contributed by atoms with Gasteiger partial charge in [0.1, 0.15) is 11.8 Å². The Morgan fingerprint density at radius 2 is 1.50 bits per heavy atom. The van der Waals surface area contributed by atoms with Crippen molar-refractivity contribution in [3.05, 3.63) is 71.4 Å². The van der Waals surface area contributed by atoms with Crippen LogP contribution in [0.1, 0.15) is 66.5 Å². The Labute approximate surface area is 275 Å². The van der Waals surface area contributed by atoms with Crippen LogP contribution in [-0.4, -0.2) is 64.3 Å². The monoisotopic (exact) mass is 656 g/mol. The van der Waals surface area contributed by atoms with E-state index in [0.717, 1.165) is 11.1 Å². The highest BCUT2D eigenvalue weighted by Gasteiger charge is 2.41. The second kappa shape index (κ2) is 15.3. The van der Waals surface area contributed by atoms with E-state index < -0.39 is 44.8 Å². The lowest BCUT2D eigenvalue weighted by Gasteiger charge is -2.39. The summed E-state index contributed by atoms with van der Waals surface area (Å²) in [6.45, 7) is 16.7. The van der Waals surface area contributed by atoms with Gasteiger partial charge in [0, 0.05) is 18.2 Å². The fourth-order valence-electron chi connectivity index (χ4n) is 5.23. The van der Waals surface area contributed by atoms with E-state index in [-0.39, 0.29) is 22.6 Å². The van der Waals surface area contributed by atoms with Crippen LogP contribution in [0.3, 0.4) is 0 Å². The van der Waals surface area contributed by atoms with E-state index in [9.17, 15) is 22.8 Å². The number of hydrogen-bond acceptors (Lipinski definition) is 7. The van der Waals surface area contributed by atoms with Crippen molar-refractivity contribution in [1.29, 1.82) is 0 Å². The number of carbonyl (C=O) groups excluding carboxylic acids is 3. The summed E-state index contributed by atoms with van der Waals surface area (Å²) < 4.78 is 33.2. The molecular weight excluding hydrogens is 604 g/mol. The van der Waals surface area contributed by atoms with Gasteiger partial charge >= 0.3 is 0 Å². The smallest absolute Gasteiger partial charge is 0.264 e. The lowest BCUT2D eigenvalue weighted by atomic mass is 9.76. The lowest BCUT2D eigenvalue weighted by Crippen LogP contribution is -2.60. The molecule has 1 unspecified atom stereocenters. The van der Waals surface area contributed by atoms with Crippen molar-refractivity contribution in [2.24, 2.45) is 17.3 Å². The number of methoxy groups -OCH3 is 1. The molecule has 2 rings (SSSR count). The molecule has 0 aromatic heterocycles. The summed E-state index contributed by atoms with van der Waals surface area (Å²) in [5, 5.41) is 6.14. The number of nitrogens with zero attached hydrogens (tertiary/aromatic N) is 1. The maximum absolute atomic E-state index is 14.1. The Hall–Kier alpha value is -3.70. The quantitative estimate of drug-likeness (QED) is 0.288. The molecule has 10 nitrogen and oxygen atoms in total. The molecule has 3 atom stereocenters. The zero-order valence-electron chi connectivity index (χ0n) is 29.3. The Bertz CT molecular complexity index is 1520. The van der Waals surface area contributed by atoms with E-state index in [2.05, 4.69) is 15.4 Å². The summed E-state index contributed by atoms with van der Waals surface area (Å²) in [5.74, 6) is -1.85. The molecule has 0 spiro atoms. The average Bonchev–Trinajstić information content (AvgIpc) is 2.97. The highest BCUT2D eigenvalue weighted by molar-refractivity contribution is 7.90. The number of amides is 3. The first-order valence-corrected chi connectivity index (χ1v) is 16.9. The number of carbonyl (C=O) groups is 3. The van der Waals surface area contributed by atoms with Crippen molar-refractivity contribution < 1.29 is 27.5 Å². The molecule has 3 amide bonds. The van der Waals surface area contributed by atoms with Gasteiger partial charge in [-0.2, -0.15) is 0 Å². The van der Waals surface area contributed by atoms with Gasteiger partial charge < -0.3 is 20.3 Å². The molecule has 254 valence electrons. The van der Waals surface area contributed by atoms with E-state index in [1.807, 2.05) is 79.7 Å². The number of benzene rings is 2. The van der Waals surface area contributed by atoms with Crippen LogP contribution in [0.15, 0.2) is 65.2 Å². The molecule has 0 heterocycles. The molecule has 46 heavy (non-hydrogen) atoms. The first-order chi connectivity index (χ1) is 21.2. The van der Waals surface area contributed by atoms with Crippen LogP contribution in [0, 0.1) is 24.2 Å². The van der Waals surface area contributed by atoms with Gasteiger partial charge in [-0.25, -0.2) is 13.1 Å². The number of allylic oxidation sites excluding steroid dienone is 1. The SMILES string of the molecule is CN[C@H](C(=O)N[C@H](C(=O)N(C)/C(=C/C(C)C(=O)NS(=O)(=O)c1ccc(C)cc1)C(C)C)C(C)(C)C)C(C)(C)c1cccc(OC)c1. The summed E-state index contributed by atoms with van der Waals surface area (Å²) in [6.07, 6.45) is 1.59. The average molecular weight is 657 g/mol. The third-order valence-electron chi connectivity index (χ3n) is 8.20. The van der Waals surface area contributed by atoms with Crippen LogP contribution < -0.4 is 20.1 Å². The van der Waals surface area contributed by atoms with E-state index in [1.165, 1.54) is 17.0 Å². The highest BCUT2D eigenvalue weighted by Crippen LogP contribution is 2.31. The number of aryl methyl sites for hydroxylation is 1. The standard InChI is InChI=1S/C35H52N4O6S/c1-22(2)28(20-24(4)31(40)38-46(43,44)27-18-16-23(3)17-19-27)39(11)33(42)30(34(5,6)7)37-32(41)29(36-10)35(8,9)25-14-13-15-26(21-25)45-12/h13-22,24,29-30,36H,1-12H3,(H,37,41)(H,38,40)/b28-20+/t24?,29-,30-/m1/s1. The fraction of sp³-hybridized carbons (Fsp3) is 0.514. The number of likely N-dealkylation sites (N-methyl/N-ethyl adjacent to an activating group) is 2. The van der Waals surface area contributed by atoms with Gasteiger partial charge in [-0.3, -0.25) is 14.4 Å². The van der Waals surface area contributed by atoms with Gasteiger partial charge in [-0.15, -0.1) is 0 Å². The van der Waals surface area contributed by atoms with E-state index >= 15 is 0 Å². The number of hydrogen-bond donors (Lipinski definition) is 3. The molecular formula is C35H52N4O6S. The van der Waals surface area contributed by atoms with Gasteiger partial charge in [0.15, 0.2) is 0 Å². The van der Waals surface area contributed by atoms with Gasteiger partial charge in [-0.1, -0.05) is 84.4 Å². The molecule has 3 N–H and O–H groups in total. The van der Waals surface area contributed by atoms with Gasteiger partial charge in [0.05, 0.1) is 24.0 Å². The van der Waals surface area contributed by atoms with E-state index in [4.69, 9.17) is 4.74 Å². The van der Waals surface area contributed by atoms with Crippen LogP contribution in [0.25, 0.3) is 0 Å².